The van der Waals surface area contributed by atoms with Gasteiger partial charge >= 0.3 is 13.5 Å². The third kappa shape index (κ3) is 5.24. The lowest BCUT2D eigenvalue weighted by Gasteiger charge is -2.24. The van der Waals surface area contributed by atoms with Crippen molar-refractivity contribution >= 4 is 30.1 Å². The zero-order valence-corrected chi connectivity index (χ0v) is 17.1. The average Bonchev–Trinajstić information content (AvgIpc) is 3.11. The number of benzene rings is 2. The van der Waals surface area contributed by atoms with E-state index in [1.807, 2.05) is 6.07 Å². The summed E-state index contributed by atoms with van der Waals surface area (Å²) in [6.45, 7) is 0.697. The van der Waals surface area contributed by atoms with E-state index in [9.17, 15) is 32.6 Å². The number of hydrogen-bond donors (Lipinski definition) is 2. The van der Waals surface area contributed by atoms with Crippen molar-refractivity contribution in [2.75, 3.05) is 6.61 Å². The molecule has 1 heterocycles. The van der Waals surface area contributed by atoms with Crippen LogP contribution >= 0.6 is 11.6 Å². The second-order valence-corrected chi connectivity index (χ2v) is 7.36. The Morgan fingerprint density at radius 3 is 2.62 bits per heavy atom. The average molecular weight is 473 g/mol. The van der Waals surface area contributed by atoms with Gasteiger partial charge in [0.25, 0.3) is 5.91 Å². The number of hydrogen-bond acceptors (Lipinski definition) is 6. The Morgan fingerprint density at radius 1 is 1.38 bits per heavy atom. The van der Waals surface area contributed by atoms with Crippen molar-refractivity contribution in [2.45, 2.75) is 25.4 Å². The van der Waals surface area contributed by atoms with Crippen LogP contribution in [0.3, 0.4) is 0 Å². The number of ether oxygens (including phenoxy) is 2. The fraction of sp³-hybridized carbons (Fsp3) is 0.263. The zero-order chi connectivity index (χ0) is 23.7. The highest BCUT2D eigenvalue weighted by Crippen LogP contribution is 2.30. The number of alkyl halides is 3. The maximum Gasteiger partial charge on any atom is 0.573 e. The first-order chi connectivity index (χ1) is 14.9. The lowest BCUT2D eigenvalue weighted by atomic mass is 9.79. The van der Waals surface area contributed by atoms with Crippen LogP contribution in [0, 0.1) is 17.1 Å². The molecule has 1 atom stereocenters. The molecule has 13 heteroatoms. The van der Waals surface area contributed by atoms with Gasteiger partial charge in [0.1, 0.15) is 23.9 Å². The van der Waals surface area contributed by atoms with Gasteiger partial charge in [0, 0.05) is 22.7 Å². The van der Waals surface area contributed by atoms with Gasteiger partial charge in [0.15, 0.2) is 5.54 Å². The zero-order valence-electron chi connectivity index (χ0n) is 16.3. The van der Waals surface area contributed by atoms with Gasteiger partial charge in [-0.1, -0.05) is 11.6 Å². The van der Waals surface area contributed by atoms with Crippen molar-refractivity contribution in [3.05, 3.63) is 52.3 Å². The van der Waals surface area contributed by atoms with Crippen molar-refractivity contribution in [3.8, 4) is 17.6 Å². The van der Waals surface area contributed by atoms with E-state index in [4.69, 9.17) is 21.0 Å². The Labute approximate surface area is 184 Å². The molecule has 0 aromatic heterocycles. The summed E-state index contributed by atoms with van der Waals surface area (Å²) in [4.78, 5) is 12.4. The molecule has 1 aliphatic heterocycles. The van der Waals surface area contributed by atoms with Gasteiger partial charge < -0.3 is 24.5 Å². The molecule has 2 N–H and O–H groups in total. The monoisotopic (exact) mass is 472 g/mol. The molecule has 1 amide bonds. The van der Waals surface area contributed by atoms with E-state index in [1.54, 1.807) is 0 Å². The fourth-order valence-electron chi connectivity index (χ4n) is 2.86. The van der Waals surface area contributed by atoms with Crippen molar-refractivity contribution < 1.29 is 41.5 Å². The highest BCUT2D eigenvalue weighted by molar-refractivity contribution is 6.65. The van der Waals surface area contributed by atoms with Crippen LogP contribution < -0.4 is 20.3 Å². The van der Waals surface area contributed by atoms with Crippen LogP contribution in [-0.2, 0) is 11.3 Å². The number of nitrogens with zero attached hydrogens (tertiary/aromatic N) is 1. The van der Waals surface area contributed by atoms with Crippen molar-refractivity contribution in [2.24, 2.45) is 0 Å². The van der Waals surface area contributed by atoms with Crippen LogP contribution in [-0.4, -0.2) is 36.6 Å². The molecule has 3 rings (SSSR count). The molecule has 7 nitrogen and oxygen atoms in total. The summed E-state index contributed by atoms with van der Waals surface area (Å²) in [5.41, 5.74) is -1.55. The van der Waals surface area contributed by atoms with E-state index in [2.05, 4.69) is 10.1 Å². The number of halogens is 5. The molecule has 0 aliphatic carbocycles. The van der Waals surface area contributed by atoms with Crippen LogP contribution in [0.1, 0.15) is 22.8 Å². The molecule has 0 radical (unpaired) electrons. The Balaban J connectivity index is 1.70. The number of carbonyl (C=O) groups excluding carboxylic acids is 1. The number of amides is 1. The third-order valence-corrected chi connectivity index (χ3v) is 4.85. The van der Waals surface area contributed by atoms with Crippen LogP contribution in [0.5, 0.6) is 11.5 Å². The third-order valence-electron chi connectivity index (χ3n) is 4.46. The van der Waals surface area contributed by atoms with Crippen molar-refractivity contribution in [1.82, 2.24) is 5.32 Å². The molecule has 0 saturated carbocycles. The number of fused-ring (bicyclic) bond motifs is 1. The summed E-state index contributed by atoms with van der Waals surface area (Å²) >= 11 is 6.16. The molecular formula is C19H14BClF4N2O5. The molecule has 32 heavy (non-hydrogen) atoms. The van der Waals surface area contributed by atoms with Gasteiger partial charge in [-0.05, 0) is 31.2 Å². The van der Waals surface area contributed by atoms with E-state index in [-0.39, 0.29) is 34.0 Å². The number of nitrogens with one attached hydrogen (secondary N) is 1. The predicted molar refractivity (Wildman–Crippen MR) is 104 cm³/mol. The summed E-state index contributed by atoms with van der Waals surface area (Å²) in [6, 6.07) is 6.89. The van der Waals surface area contributed by atoms with E-state index in [0.29, 0.717) is 0 Å². The van der Waals surface area contributed by atoms with Crippen LogP contribution in [0.25, 0.3) is 0 Å². The minimum absolute atomic E-state index is 0.0190. The molecule has 0 bridgehead atoms. The normalized spacial score (nSPS) is 14.9. The summed E-state index contributed by atoms with van der Waals surface area (Å²) < 4.78 is 65.0. The maximum absolute atomic E-state index is 14.2. The molecule has 2 aromatic carbocycles. The lowest BCUT2D eigenvalue weighted by molar-refractivity contribution is -0.274. The van der Waals surface area contributed by atoms with Gasteiger partial charge in [-0.15, -0.1) is 13.2 Å². The molecule has 0 spiro atoms. The largest absolute Gasteiger partial charge is 0.573 e. The Bertz CT molecular complexity index is 1080. The lowest BCUT2D eigenvalue weighted by Crippen LogP contribution is -2.49. The summed E-state index contributed by atoms with van der Waals surface area (Å²) in [7, 11) is -1.43. The van der Waals surface area contributed by atoms with Crippen molar-refractivity contribution in [3.63, 3.8) is 0 Å². The molecule has 168 valence electrons. The van der Waals surface area contributed by atoms with Gasteiger partial charge in [-0.3, -0.25) is 4.79 Å². The van der Waals surface area contributed by atoms with Gasteiger partial charge in [-0.2, -0.15) is 5.26 Å². The molecule has 0 fully saturated rings. The molecule has 2 aromatic rings. The first-order valence-electron chi connectivity index (χ1n) is 8.95. The van der Waals surface area contributed by atoms with Crippen LogP contribution in [0.15, 0.2) is 30.3 Å². The standard InChI is InChI=1S/C19H14BClF4N2O5/c1-18(8-26,27-17(28)10-2-4-11(5-3-10)32-19(23,24)25)9-30-14-6-13(22)12-7-31-20(29)15(12)16(14)21/h2-6,29H,7,9H2,1H3,(H,27,28). The van der Waals surface area contributed by atoms with E-state index in [1.165, 1.54) is 6.92 Å². The summed E-state index contributed by atoms with van der Waals surface area (Å²) in [6.07, 6.45) is -4.87. The van der Waals surface area contributed by atoms with Gasteiger partial charge in [0.05, 0.1) is 17.7 Å². The van der Waals surface area contributed by atoms with Crippen molar-refractivity contribution in [1.29, 1.82) is 5.26 Å². The van der Waals surface area contributed by atoms with E-state index in [0.717, 1.165) is 30.3 Å². The summed E-state index contributed by atoms with van der Waals surface area (Å²) in [5, 5.41) is 21.6. The molecule has 1 unspecified atom stereocenters. The maximum atomic E-state index is 14.2. The summed E-state index contributed by atoms with van der Waals surface area (Å²) in [5.74, 6) is -2.18. The SMILES string of the molecule is CC(C#N)(COc1cc(F)c2c(c1Cl)B(O)OC2)NC(=O)c1ccc(OC(F)(F)F)cc1. The fourth-order valence-corrected chi connectivity index (χ4v) is 3.18. The smallest absolute Gasteiger partial charge is 0.488 e. The first kappa shape index (κ1) is 23.7. The minimum Gasteiger partial charge on any atom is -0.488 e. The van der Waals surface area contributed by atoms with Crippen LogP contribution in [0.4, 0.5) is 17.6 Å². The number of carbonyl (C=O) groups is 1. The molecule has 1 aliphatic rings. The first-order valence-corrected chi connectivity index (χ1v) is 9.33. The molecular weight excluding hydrogens is 458 g/mol. The van der Waals surface area contributed by atoms with E-state index >= 15 is 0 Å². The Kier molecular flexibility index (Phi) is 6.55. The van der Waals surface area contributed by atoms with Crippen LogP contribution in [0.2, 0.25) is 5.02 Å². The molecule has 0 saturated heterocycles. The Morgan fingerprint density at radius 2 is 2.03 bits per heavy atom. The highest BCUT2D eigenvalue weighted by Gasteiger charge is 2.35. The second-order valence-electron chi connectivity index (χ2n) is 6.98. The predicted octanol–water partition coefficient (Wildman–Crippen LogP) is 2.69. The second kappa shape index (κ2) is 8.86. The van der Waals surface area contributed by atoms with Gasteiger partial charge in [0.2, 0.25) is 0 Å². The number of nitriles is 1. The van der Waals surface area contributed by atoms with Gasteiger partial charge in [-0.25, -0.2) is 4.39 Å². The Hall–Kier alpha value is -3.01. The highest BCUT2D eigenvalue weighted by atomic mass is 35.5. The number of rotatable bonds is 6. The topological polar surface area (TPSA) is 101 Å². The quantitative estimate of drug-likeness (QED) is 0.495. The minimum atomic E-state index is -4.87. The van der Waals surface area contributed by atoms with E-state index < -0.39 is 43.1 Å².